The lowest BCUT2D eigenvalue weighted by molar-refractivity contribution is 0.305. The van der Waals surface area contributed by atoms with Crippen LogP contribution in [-0.2, 0) is 6.61 Å². The molecule has 3 aromatic carbocycles. The summed E-state index contributed by atoms with van der Waals surface area (Å²) in [5.41, 5.74) is 3.41. The van der Waals surface area contributed by atoms with Crippen molar-refractivity contribution in [2.24, 2.45) is 4.99 Å². The Hall–Kier alpha value is -2.90. The maximum atomic E-state index is 8.84. The first-order valence-electron chi connectivity index (χ1n) is 7.75. The standard InChI is InChI=1S/C21H15BrN2O/c22-19-9-8-18(14-24-20-10-6-16(13-23)7-11-20)21(12-19)25-15-17-4-2-1-3-5-17/h1-12,14H,15H2/b24-14+. The molecule has 0 aliphatic carbocycles. The second-order valence-electron chi connectivity index (χ2n) is 5.37. The Labute approximate surface area is 155 Å². The van der Waals surface area contributed by atoms with E-state index in [9.17, 15) is 0 Å². The zero-order valence-corrected chi connectivity index (χ0v) is 15.0. The van der Waals surface area contributed by atoms with Crippen molar-refractivity contribution in [1.82, 2.24) is 0 Å². The van der Waals surface area contributed by atoms with E-state index >= 15 is 0 Å². The van der Waals surface area contributed by atoms with E-state index in [0.29, 0.717) is 12.2 Å². The first-order valence-corrected chi connectivity index (χ1v) is 8.54. The molecule has 0 heterocycles. The molecule has 0 radical (unpaired) electrons. The maximum Gasteiger partial charge on any atom is 0.129 e. The molecule has 0 bridgehead atoms. The SMILES string of the molecule is N#Cc1ccc(/N=C/c2ccc(Br)cc2OCc2ccccc2)cc1. The summed E-state index contributed by atoms with van der Waals surface area (Å²) < 4.78 is 6.91. The zero-order valence-electron chi connectivity index (χ0n) is 13.4. The van der Waals surface area contributed by atoms with Gasteiger partial charge in [-0.2, -0.15) is 5.26 Å². The lowest BCUT2D eigenvalue weighted by atomic mass is 10.2. The van der Waals surface area contributed by atoms with Crippen molar-refractivity contribution in [2.45, 2.75) is 6.61 Å². The molecule has 0 unspecified atom stereocenters. The molecule has 0 saturated heterocycles. The summed E-state index contributed by atoms with van der Waals surface area (Å²) in [6.07, 6.45) is 1.77. The monoisotopic (exact) mass is 390 g/mol. The summed E-state index contributed by atoms with van der Waals surface area (Å²) in [5.74, 6) is 0.760. The lowest BCUT2D eigenvalue weighted by Gasteiger charge is -2.10. The third kappa shape index (κ3) is 4.79. The highest BCUT2D eigenvalue weighted by molar-refractivity contribution is 9.10. The van der Waals surface area contributed by atoms with Gasteiger partial charge in [0.1, 0.15) is 12.4 Å². The van der Waals surface area contributed by atoms with E-state index in [1.165, 1.54) is 0 Å². The molecule has 0 atom stereocenters. The van der Waals surface area contributed by atoms with Crippen LogP contribution in [0.2, 0.25) is 0 Å². The van der Waals surface area contributed by atoms with Crippen LogP contribution in [0, 0.1) is 11.3 Å². The quantitative estimate of drug-likeness (QED) is 0.528. The second-order valence-corrected chi connectivity index (χ2v) is 6.29. The van der Waals surface area contributed by atoms with E-state index in [1.54, 1.807) is 18.3 Å². The molecule has 3 rings (SSSR count). The van der Waals surface area contributed by atoms with E-state index in [2.05, 4.69) is 27.0 Å². The number of rotatable bonds is 5. The molecule has 4 heteroatoms. The van der Waals surface area contributed by atoms with Crippen LogP contribution in [0.1, 0.15) is 16.7 Å². The van der Waals surface area contributed by atoms with Gasteiger partial charge in [0, 0.05) is 16.3 Å². The first kappa shape index (κ1) is 16.9. The summed E-state index contributed by atoms with van der Waals surface area (Å²) in [7, 11) is 0. The molecule has 0 N–H and O–H groups in total. The molecule has 25 heavy (non-hydrogen) atoms. The number of benzene rings is 3. The highest BCUT2D eigenvalue weighted by Gasteiger charge is 2.04. The molecule has 122 valence electrons. The van der Waals surface area contributed by atoms with Crippen LogP contribution < -0.4 is 4.74 Å². The highest BCUT2D eigenvalue weighted by Crippen LogP contribution is 2.24. The van der Waals surface area contributed by atoms with Crippen molar-refractivity contribution in [3.8, 4) is 11.8 Å². The van der Waals surface area contributed by atoms with Crippen LogP contribution in [0.25, 0.3) is 0 Å². The van der Waals surface area contributed by atoms with Crippen LogP contribution in [0.5, 0.6) is 5.75 Å². The van der Waals surface area contributed by atoms with E-state index in [1.807, 2.05) is 60.7 Å². The first-order chi connectivity index (χ1) is 12.2. The summed E-state index contributed by atoms with van der Waals surface area (Å²) in [6, 6.07) is 25.1. The number of nitriles is 1. The summed E-state index contributed by atoms with van der Waals surface area (Å²) in [5, 5.41) is 8.84. The smallest absolute Gasteiger partial charge is 0.129 e. The molecule has 0 aromatic heterocycles. The van der Waals surface area contributed by atoms with Gasteiger partial charge in [0.25, 0.3) is 0 Å². The van der Waals surface area contributed by atoms with Gasteiger partial charge in [0.2, 0.25) is 0 Å². The van der Waals surface area contributed by atoms with Crippen molar-refractivity contribution in [2.75, 3.05) is 0 Å². The van der Waals surface area contributed by atoms with Crippen molar-refractivity contribution < 1.29 is 4.74 Å². The Bertz CT molecular complexity index is 913. The van der Waals surface area contributed by atoms with Gasteiger partial charge >= 0.3 is 0 Å². The van der Waals surface area contributed by atoms with Crippen LogP contribution in [0.4, 0.5) is 5.69 Å². The van der Waals surface area contributed by atoms with Gasteiger partial charge in [-0.05, 0) is 48.0 Å². The van der Waals surface area contributed by atoms with Gasteiger partial charge in [-0.25, -0.2) is 0 Å². The molecule has 0 amide bonds. The topological polar surface area (TPSA) is 45.4 Å². The van der Waals surface area contributed by atoms with Crippen LogP contribution >= 0.6 is 15.9 Å². The van der Waals surface area contributed by atoms with E-state index < -0.39 is 0 Å². The normalized spacial score (nSPS) is 10.6. The second kappa shape index (κ2) is 8.27. The Morgan fingerprint density at radius 1 is 1.00 bits per heavy atom. The third-order valence-corrected chi connectivity index (χ3v) is 4.06. The fraction of sp³-hybridized carbons (Fsp3) is 0.0476. The summed E-state index contributed by atoms with van der Waals surface area (Å²) in [4.78, 5) is 4.47. The number of nitrogens with zero attached hydrogens (tertiary/aromatic N) is 2. The Balaban J connectivity index is 1.78. The van der Waals surface area contributed by atoms with Crippen LogP contribution in [0.3, 0.4) is 0 Å². The number of hydrogen-bond donors (Lipinski definition) is 0. The molecule has 0 aliphatic rings. The minimum absolute atomic E-state index is 0.495. The predicted octanol–water partition coefficient (Wildman–Crippen LogP) is 5.65. The number of aliphatic imine (C=N–C) groups is 1. The average molecular weight is 391 g/mol. The minimum atomic E-state index is 0.495. The molecular weight excluding hydrogens is 376 g/mol. The molecular formula is C21H15BrN2O. The van der Waals surface area contributed by atoms with Gasteiger partial charge in [-0.1, -0.05) is 46.3 Å². The average Bonchev–Trinajstić information content (AvgIpc) is 2.67. The third-order valence-electron chi connectivity index (χ3n) is 3.56. The predicted molar refractivity (Wildman–Crippen MR) is 103 cm³/mol. The zero-order chi connectivity index (χ0) is 17.5. The summed E-state index contributed by atoms with van der Waals surface area (Å²) in [6.45, 7) is 0.495. The van der Waals surface area contributed by atoms with Crippen molar-refractivity contribution in [1.29, 1.82) is 5.26 Å². The molecule has 3 aromatic rings. The van der Waals surface area contributed by atoms with Crippen molar-refractivity contribution >= 4 is 27.8 Å². The Morgan fingerprint density at radius 3 is 2.48 bits per heavy atom. The minimum Gasteiger partial charge on any atom is -0.488 e. The molecule has 3 nitrogen and oxygen atoms in total. The summed E-state index contributed by atoms with van der Waals surface area (Å²) >= 11 is 3.48. The lowest BCUT2D eigenvalue weighted by Crippen LogP contribution is -1.98. The Kier molecular flexibility index (Phi) is 5.61. The Morgan fingerprint density at radius 2 is 1.76 bits per heavy atom. The fourth-order valence-corrected chi connectivity index (χ4v) is 2.58. The maximum absolute atomic E-state index is 8.84. The molecule has 0 spiro atoms. The van der Waals surface area contributed by atoms with Gasteiger partial charge in [0.05, 0.1) is 17.3 Å². The van der Waals surface area contributed by atoms with E-state index in [4.69, 9.17) is 10.00 Å². The number of hydrogen-bond acceptors (Lipinski definition) is 3. The van der Waals surface area contributed by atoms with Crippen LogP contribution in [0.15, 0.2) is 82.3 Å². The molecule has 0 saturated carbocycles. The van der Waals surface area contributed by atoms with Gasteiger partial charge in [-0.3, -0.25) is 4.99 Å². The largest absolute Gasteiger partial charge is 0.488 e. The number of halogens is 1. The van der Waals surface area contributed by atoms with Gasteiger partial charge in [0.15, 0.2) is 0 Å². The van der Waals surface area contributed by atoms with Crippen molar-refractivity contribution in [3.63, 3.8) is 0 Å². The van der Waals surface area contributed by atoms with Gasteiger partial charge < -0.3 is 4.74 Å². The highest BCUT2D eigenvalue weighted by atomic mass is 79.9. The number of ether oxygens (including phenoxy) is 1. The van der Waals surface area contributed by atoms with Gasteiger partial charge in [-0.15, -0.1) is 0 Å². The molecule has 0 aliphatic heterocycles. The fourth-order valence-electron chi connectivity index (χ4n) is 2.24. The van der Waals surface area contributed by atoms with E-state index in [0.717, 1.165) is 27.0 Å². The van der Waals surface area contributed by atoms with E-state index in [-0.39, 0.29) is 0 Å². The van der Waals surface area contributed by atoms with Crippen molar-refractivity contribution in [3.05, 3.63) is 94.0 Å². The van der Waals surface area contributed by atoms with Crippen LogP contribution in [-0.4, -0.2) is 6.21 Å². The molecule has 0 fully saturated rings.